The fourth-order valence-corrected chi connectivity index (χ4v) is 1.98. The molecule has 2 aliphatic rings. The molecular formula is C12H12O3. The third kappa shape index (κ3) is 1.23. The lowest BCUT2D eigenvalue weighted by atomic mass is 9.91. The molecule has 0 N–H and O–H groups in total. The Balaban J connectivity index is 1.96. The summed E-state index contributed by atoms with van der Waals surface area (Å²) < 4.78 is 11.5. The van der Waals surface area contributed by atoms with Crippen molar-refractivity contribution in [2.24, 2.45) is 0 Å². The fourth-order valence-electron chi connectivity index (χ4n) is 1.98. The van der Waals surface area contributed by atoms with Crippen LogP contribution in [0.1, 0.15) is 36.5 Å². The first-order valence-electron chi connectivity index (χ1n) is 5.22. The molecule has 1 aromatic carbocycles. The van der Waals surface area contributed by atoms with Gasteiger partial charge in [0.05, 0.1) is 0 Å². The number of Topliss-reactive ketones (excluding diaryl/α,β-unsaturated/α-hetero) is 1. The van der Waals surface area contributed by atoms with Gasteiger partial charge in [-0.15, -0.1) is 0 Å². The number of carbonyl (C=O) groups is 1. The third-order valence-electron chi connectivity index (χ3n) is 3.06. The number of benzene rings is 1. The predicted octanol–water partition coefficient (Wildman–Crippen LogP) is 2.54. The third-order valence-corrected chi connectivity index (χ3v) is 3.06. The van der Waals surface area contributed by atoms with Crippen molar-refractivity contribution in [2.45, 2.75) is 32.0 Å². The maximum Gasteiger partial charge on any atom is 0.251 e. The summed E-state index contributed by atoms with van der Waals surface area (Å²) in [5.41, 5.74) is 0.675. The molecule has 3 heteroatoms. The molecule has 1 aliphatic heterocycles. The quantitative estimate of drug-likeness (QED) is 0.659. The van der Waals surface area contributed by atoms with Crippen LogP contribution in [-0.2, 0) is 0 Å². The van der Waals surface area contributed by atoms with Crippen LogP contribution in [0.3, 0.4) is 0 Å². The van der Waals surface area contributed by atoms with E-state index >= 15 is 0 Å². The molecule has 3 nitrogen and oxygen atoms in total. The number of carbonyl (C=O) groups excluding carboxylic acids is 1. The van der Waals surface area contributed by atoms with Crippen LogP contribution in [0.25, 0.3) is 0 Å². The second-order valence-corrected chi connectivity index (χ2v) is 4.19. The zero-order valence-electron chi connectivity index (χ0n) is 8.58. The van der Waals surface area contributed by atoms with Gasteiger partial charge in [-0.1, -0.05) is 0 Å². The lowest BCUT2D eigenvalue weighted by Crippen LogP contribution is -2.45. The topological polar surface area (TPSA) is 35.5 Å². The molecule has 15 heavy (non-hydrogen) atoms. The Hall–Kier alpha value is -1.51. The Bertz CT molecular complexity index is 432. The minimum absolute atomic E-state index is 0.0518. The van der Waals surface area contributed by atoms with Crippen LogP contribution in [0, 0.1) is 0 Å². The van der Waals surface area contributed by atoms with Gasteiger partial charge in [0.2, 0.25) is 0 Å². The van der Waals surface area contributed by atoms with Gasteiger partial charge < -0.3 is 9.47 Å². The lowest BCUT2D eigenvalue weighted by Gasteiger charge is -2.35. The van der Waals surface area contributed by atoms with Crippen molar-refractivity contribution in [3.8, 4) is 11.5 Å². The fraction of sp³-hybridized carbons (Fsp3) is 0.417. The van der Waals surface area contributed by atoms with Crippen LogP contribution in [0.5, 0.6) is 11.5 Å². The van der Waals surface area contributed by atoms with Crippen LogP contribution in [-0.4, -0.2) is 11.6 Å². The lowest BCUT2D eigenvalue weighted by molar-refractivity contribution is -0.138. The van der Waals surface area contributed by atoms with Crippen molar-refractivity contribution in [1.82, 2.24) is 0 Å². The molecule has 1 spiro atoms. The van der Waals surface area contributed by atoms with Gasteiger partial charge in [-0.2, -0.15) is 0 Å². The van der Waals surface area contributed by atoms with Crippen LogP contribution >= 0.6 is 0 Å². The number of rotatable bonds is 1. The molecule has 1 heterocycles. The monoisotopic (exact) mass is 204 g/mol. The van der Waals surface area contributed by atoms with E-state index in [0.717, 1.165) is 25.0 Å². The highest BCUT2D eigenvalue weighted by Crippen LogP contribution is 2.48. The molecule has 0 atom stereocenters. The smallest absolute Gasteiger partial charge is 0.251 e. The number of ether oxygens (including phenoxy) is 2. The largest absolute Gasteiger partial charge is 0.448 e. The number of hydrogen-bond donors (Lipinski definition) is 0. The Labute approximate surface area is 88.0 Å². The van der Waals surface area contributed by atoms with Gasteiger partial charge in [-0.05, 0) is 31.5 Å². The molecule has 78 valence electrons. The van der Waals surface area contributed by atoms with Gasteiger partial charge in [0.25, 0.3) is 5.79 Å². The van der Waals surface area contributed by atoms with Crippen molar-refractivity contribution in [2.75, 3.05) is 0 Å². The zero-order chi connectivity index (χ0) is 10.5. The highest BCUT2D eigenvalue weighted by Gasteiger charge is 2.47. The number of fused-ring (bicyclic) bond motifs is 1. The van der Waals surface area contributed by atoms with Crippen molar-refractivity contribution < 1.29 is 14.3 Å². The molecule has 0 amide bonds. The Morgan fingerprint density at radius 2 is 2.00 bits per heavy atom. The molecule has 1 saturated carbocycles. The van der Waals surface area contributed by atoms with E-state index in [2.05, 4.69) is 0 Å². The first-order valence-corrected chi connectivity index (χ1v) is 5.22. The minimum Gasteiger partial charge on any atom is -0.448 e. The van der Waals surface area contributed by atoms with Gasteiger partial charge in [0, 0.05) is 18.4 Å². The molecule has 0 aromatic heterocycles. The summed E-state index contributed by atoms with van der Waals surface area (Å²) in [4.78, 5) is 11.2. The average molecular weight is 204 g/mol. The molecule has 0 bridgehead atoms. The van der Waals surface area contributed by atoms with Gasteiger partial charge in [-0.25, -0.2) is 0 Å². The molecular weight excluding hydrogens is 192 g/mol. The van der Waals surface area contributed by atoms with Crippen LogP contribution in [0.15, 0.2) is 18.2 Å². The van der Waals surface area contributed by atoms with Crippen LogP contribution in [0.4, 0.5) is 0 Å². The summed E-state index contributed by atoms with van der Waals surface area (Å²) in [6.45, 7) is 1.55. The second kappa shape index (κ2) is 2.75. The molecule has 0 unspecified atom stereocenters. The Morgan fingerprint density at radius 3 is 2.60 bits per heavy atom. The summed E-state index contributed by atoms with van der Waals surface area (Å²) in [7, 11) is 0. The normalized spacial score (nSPS) is 20.1. The molecule has 1 aliphatic carbocycles. The van der Waals surface area contributed by atoms with E-state index in [4.69, 9.17) is 9.47 Å². The molecule has 1 fully saturated rings. The standard InChI is InChI=1S/C12H12O3/c1-8(13)9-3-4-10-11(7-9)15-12(14-10)5-2-6-12/h3-4,7H,2,5-6H2,1H3. The summed E-state index contributed by atoms with van der Waals surface area (Å²) in [5.74, 6) is 1.12. The number of ketones is 1. The van der Waals surface area contributed by atoms with Crippen LogP contribution in [0.2, 0.25) is 0 Å². The van der Waals surface area contributed by atoms with Gasteiger partial charge >= 0.3 is 0 Å². The van der Waals surface area contributed by atoms with Gasteiger partial charge in [0.1, 0.15) is 0 Å². The summed E-state index contributed by atoms with van der Waals surface area (Å²) in [5, 5.41) is 0. The average Bonchev–Trinajstić information content (AvgIpc) is 2.54. The van der Waals surface area contributed by atoms with E-state index in [1.807, 2.05) is 6.07 Å². The highest BCUT2D eigenvalue weighted by atomic mass is 16.7. The number of hydrogen-bond acceptors (Lipinski definition) is 3. The summed E-state index contributed by atoms with van der Waals surface area (Å²) in [6, 6.07) is 5.37. The van der Waals surface area contributed by atoms with Crippen molar-refractivity contribution >= 4 is 5.78 Å². The van der Waals surface area contributed by atoms with E-state index in [-0.39, 0.29) is 5.78 Å². The molecule has 0 saturated heterocycles. The van der Waals surface area contributed by atoms with Crippen molar-refractivity contribution in [3.05, 3.63) is 23.8 Å². The van der Waals surface area contributed by atoms with Crippen molar-refractivity contribution in [1.29, 1.82) is 0 Å². The van der Waals surface area contributed by atoms with Gasteiger partial charge in [0.15, 0.2) is 17.3 Å². The Kier molecular flexibility index (Phi) is 1.61. The first-order chi connectivity index (χ1) is 7.19. The van der Waals surface area contributed by atoms with E-state index in [1.165, 1.54) is 0 Å². The van der Waals surface area contributed by atoms with E-state index in [1.54, 1.807) is 19.1 Å². The first kappa shape index (κ1) is 8.77. The SMILES string of the molecule is CC(=O)c1ccc2c(c1)OC1(CCC1)O2. The second-order valence-electron chi connectivity index (χ2n) is 4.19. The Morgan fingerprint density at radius 1 is 1.27 bits per heavy atom. The minimum atomic E-state index is -0.405. The zero-order valence-corrected chi connectivity index (χ0v) is 8.58. The van der Waals surface area contributed by atoms with E-state index in [0.29, 0.717) is 11.3 Å². The maximum atomic E-state index is 11.2. The maximum absolute atomic E-state index is 11.2. The molecule has 1 aromatic rings. The summed E-state index contributed by atoms with van der Waals surface area (Å²) in [6.07, 6.45) is 3.03. The highest BCUT2D eigenvalue weighted by molar-refractivity contribution is 5.94. The predicted molar refractivity (Wildman–Crippen MR) is 54.3 cm³/mol. The molecule has 3 rings (SSSR count). The van der Waals surface area contributed by atoms with Gasteiger partial charge in [-0.3, -0.25) is 4.79 Å². The van der Waals surface area contributed by atoms with E-state index in [9.17, 15) is 4.79 Å². The van der Waals surface area contributed by atoms with Crippen LogP contribution < -0.4 is 9.47 Å². The summed E-state index contributed by atoms with van der Waals surface area (Å²) >= 11 is 0. The molecule has 0 radical (unpaired) electrons. The van der Waals surface area contributed by atoms with E-state index < -0.39 is 5.79 Å². The van der Waals surface area contributed by atoms with Crippen molar-refractivity contribution in [3.63, 3.8) is 0 Å².